The van der Waals surface area contributed by atoms with Crippen molar-refractivity contribution in [2.75, 3.05) is 19.5 Å². The van der Waals surface area contributed by atoms with E-state index in [9.17, 15) is 14.7 Å². The fourth-order valence-corrected chi connectivity index (χ4v) is 1.94. The zero-order chi connectivity index (χ0) is 15.6. The number of aliphatic hydroxyl groups is 1. The number of carbonyl (C=O) groups excluding carboxylic acids is 1. The minimum Gasteiger partial charge on any atom is -0.434 e. The molecule has 4 N–H and O–H groups in total. The number of aliphatic hydroxyl groups excluding tert-OH is 1. The van der Waals surface area contributed by atoms with Crippen LogP contribution in [0.15, 0.2) is 11.1 Å². The Balaban J connectivity index is 2.52. The number of nitrogens with zero attached hydrogens (tertiary/aromatic N) is 3. The van der Waals surface area contributed by atoms with Gasteiger partial charge in [-0.05, 0) is 0 Å². The molecule has 0 radical (unpaired) electrons. The van der Waals surface area contributed by atoms with Crippen molar-refractivity contribution in [3.8, 4) is 0 Å². The van der Waals surface area contributed by atoms with Gasteiger partial charge in [0.15, 0.2) is 11.2 Å². The predicted octanol–water partition coefficient (Wildman–Crippen LogP) is -1.23. The van der Waals surface area contributed by atoms with Gasteiger partial charge in [0.2, 0.25) is 12.2 Å². The second-order valence-corrected chi connectivity index (χ2v) is 4.24. The Morgan fingerprint density at radius 1 is 1.62 bits per heavy atom. The molecule has 0 fully saturated rings. The first-order valence-electron chi connectivity index (χ1n) is 6.01. The van der Waals surface area contributed by atoms with E-state index in [0.717, 1.165) is 0 Å². The molecule has 2 rings (SSSR count). The Morgan fingerprint density at radius 3 is 2.90 bits per heavy atom. The third kappa shape index (κ3) is 2.85. The highest BCUT2D eigenvalue weighted by atomic mass is 16.7. The minimum atomic E-state index is -1.06. The maximum absolute atomic E-state index is 11.7. The van der Waals surface area contributed by atoms with Crippen molar-refractivity contribution in [1.29, 1.82) is 0 Å². The molecule has 10 nitrogen and oxygen atoms in total. The molecule has 114 valence electrons. The number of ether oxygens (including phenoxy) is 2. The molecule has 0 spiro atoms. The standard InChI is InChI=1S/C11H15N5O5/c1-5(18)21-10(20-2)6(3-17)16-4-13-7-8(16)14-11(12)15-9(7)19/h4,6,10,17H,3H2,1-2H3,(H3,12,14,15,19). The molecule has 10 heteroatoms. The molecule has 0 amide bonds. The lowest BCUT2D eigenvalue weighted by atomic mass is 10.3. The van der Waals surface area contributed by atoms with Gasteiger partial charge in [-0.15, -0.1) is 0 Å². The summed E-state index contributed by atoms with van der Waals surface area (Å²) in [7, 11) is 1.32. The first kappa shape index (κ1) is 14.9. The number of aromatic nitrogens is 4. The van der Waals surface area contributed by atoms with E-state index in [0.29, 0.717) is 0 Å². The lowest BCUT2D eigenvalue weighted by molar-refractivity contribution is -0.182. The third-order valence-corrected chi connectivity index (χ3v) is 2.82. The van der Waals surface area contributed by atoms with Gasteiger partial charge < -0.3 is 24.9 Å². The van der Waals surface area contributed by atoms with Crippen LogP contribution < -0.4 is 11.3 Å². The fraction of sp³-hybridized carbons (Fsp3) is 0.455. The highest BCUT2D eigenvalue weighted by molar-refractivity contribution is 5.70. The number of nitrogens with one attached hydrogen (secondary N) is 1. The molecule has 2 aromatic heterocycles. The topological polar surface area (TPSA) is 145 Å². The van der Waals surface area contributed by atoms with Gasteiger partial charge in [0.25, 0.3) is 5.56 Å². The van der Waals surface area contributed by atoms with Gasteiger partial charge in [-0.25, -0.2) is 4.98 Å². The van der Waals surface area contributed by atoms with Crippen LogP contribution in [0.1, 0.15) is 13.0 Å². The van der Waals surface area contributed by atoms with Crippen LogP contribution in [0.3, 0.4) is 0 Å². The van der Waals surface area contributed by atoms with Crippen LogP contribution >= 0.6 is 0 Å². The van der Waals surface area contributed by atoms with Gasteiger partial charge in [-0.1, -0.05) is 0 Å². The van der Waals surface area contributed by atoms with Crippen molar-refractivity contribution >= 4 is 23.1 Å². The monoisotopic (exact) mass is 297 g/mol. The zero-order valence-corrected chi connectivity index (χ0v) is 11.4. The van der Waals surface area contributed by atoms with Crippen molar-refractivity contribution in [2.24, 2.45) is 0 Å². The summed E-state index contributed by atoms with van der Waals surface area (Å²) in [6.45, 7) is 0.791. The lowest BCUT2D eigenvalue weighted by Gasteiger charge is -2.24. The highest BCUT2D eigenvalue weighted by Gasteiger charge is 2.27. The quantitative estimate of drug-likeness (QED) is 0.459. The summed E-state index contributed by atoms with van der Waals surface area (Å²) >= 11 is 0. The molecular formula is C11H15N5O5. The van der Waals surface area contributed by atoms with Gasteiger partial charge in [0.1, 0.15) is 6.04 Å². The highest BCUT2D eigenvalue weighted by Crippen LogP contribution is 2.20. The molecule has 2 heterocycles. The van der Waals surface area contributed by atoms with E-state index in [1.807, 2.05) is 0 Å². The van der Waals surface area contributed by atoms with E-state index >= 15 is 0 Å². The Hall–Kier alpha value is -2.46. The Kier molecular flexibility index (Phi) is 4.19. The number of hydrogen-bond donors (Lipinski definition) is 3. The molecule has 0 aliphatic carbocycles. The number of aromatic amines is 1. The van der Waals surface area contributed by atoms with Crippen LogP contribution in [-0.2, 0) is 14.3 Å². The summed E-state index contributed by atoms with van der Waals surface area (Å²) in [6.07, 6.45) is 0.232. The number of imidazole rings is 1. The SMILES string of the molecule is COC(OC(C)=O)C(CO)n1cnc2c(=O)[nH]c(N)nc21. The molecule has 0 saturated heterocycles. The largest absolute Gasteiger partial charge is 0.434 e. The number of nitrogens with two attached hydrogens (primary N) is 1. The number of hydrogen-bond acceptors (Lipinski definition) is 8. The second-order valence-electron chi connectivity index (χ2n) is 4.24. The normalized spacial score (nSPS) is 14.0. The molecule has 2 unspecified atom stereocenters. The maximum Gasteiger partial charge on any atom is 0.305 e. The summed E-state index contributed by atoms with van der Waals surface area (Å²) in [5.74, 6) is -0.664. The van der Waals surface area contributed by atoms with E-state index < -0.39 is 30.5 Å². The summed E-state index contributed by atoms with van der Waals surface area (Å²) < 4.78 is 11.4. The van der Waals surface area contributed by atoms with Crippen molar-refractivity contribution in [2.45, 2.75) is 19.3 Å². The Morgan fingerprint density at radius 2 is 2.33 bits per heavy atom. The van der Waals surface area contributed by atoms with Crippen LogP contribution in [0.5, 0.6) is 0 Å². The molecule has 2 atom stereocenters. The smallest absolute Gasteiger partial charge is 0.305 e. The average molecular weight is 297 g/mol. The number of rotatable bonds is 5. The molecule has 21 heavy (non-hydrogen) atoms. The first-order chi connectivity index (χ1) is 9.97. The lowest BCUT2D eigenvalue weighted by Crippen LogP contribution is -2.32. The van der Waals surface area contributed by atoms with Crippen molar-refractivity contribution in [3.63, 3.8) is 0 Å². The van der Waals surface area contributed by atoms with Crippen LogP contribution in [0, 0.1) is 0 Å². The van der Waals surface area contributed by atoms with E-state index in [4.69, 9.17) is 15.2 Å². The van der Waals surface area contributed by atoms with Gasteiger partial charge in [0.05, 0.1) is 12.9 Å². The summed E-state index contributed by atoms with van der Waals surface area (Å²) in [5, 5.41) is 9.55. The van der Waals surface area contributed by atoms with Crippen LogP contribution in [0.2, 0.25) is 0 Å². The number of fused-ring (bicyclic) bond motifs is 1. The third-order valence-electron chi connectivity index (χ3n) is 2.82. The van der Waals surface area contributed by atoms with Gasteiger partial charge in [-0.3, -0.25) is 14.6 Å². The summed E-state index contributed by atoms with van der Waals surface area (Å²) in [5.41, 5.74) is 5.20. The number of nitrogen functional groups attached to an aromatic ring is 1. The summed E-state index contributed by atoms with van der Waals surface area (Å²) in [4.78, 5) is 33.0. The fourth-order valence-electron chi connectivity index (χ4n) is 1.94. The van der Waals surface area contributed by atoms with Gasteiger partial charge in [-0.2, -0.15) is 4.98 Å². The van der Waals surface area contributed by atoms with E-state index in [1.165, 1.54) is 24.9 Å². The van der Waals surface area contributed by atoms with E-state index in [2.05, 4.69) is 15.0 Å². The number of anilines is 1. The minimum absolute atomic E-state index is 0.0559. The van der Waals surface area contributed by atoms with Crippen molar-refractivity contribution in [3.05, 3.63) is 16.7 Å². The van der Waals surface area contributed by atoms with Crippen molar-refractivity contribution < 1.29 is 19.4 Å². The van der Waals surface area contributed by atoms with E-state index in [1.54, 1.807) is 0 Å². The molecule has 0 aliphatic heterocycles. The van der Waals surface area contributed by atoms with Crippen LogP contribution in [-0.4, -0.2) is 50.6 Å². The molecule has 2 aromatic rings. The Bertz CT molecular complexity index is 709. The molecule has 0 bridgehead atoms. The van der Waals surface area contributed by atoms with Crippen LogP contribution in [0.25, 0.3) is 11.2 Å². The number of H-pyrrole nitrogens is 1. The predicted molar refractivity (Wildman–Crippen MR) is 71.2 cm³/mol. The first-order valence-corrected chi connectivity index (χ1v) is 6.01. The molecule has 0 saturated carbocycles. The van der Waals surface area contributed by atoms with Crippen molar-refractivity contribution in [1.82, 2.24) is 19.5 Å². The zero-order valence-electron chi connectivity index (χ0n) is 11.4. The molecule has 0 aromatic carbocycles. The summed E-state index contributed by atoms with van der Waals surface area (Å²) in [6, 6.07) is -0.822. The average Bonchev–Trinajstić information content (AvgIpc) is 2.82. The Labute approximate surface area is 118 Å². The molecular weight excluding hydrogens is 282 g/mol. The molecule has 0 aliphatic rings. The van der Waals surface area contributed by atoms with Gasteiger partial charge >= 0.3 is 5.97 Å². The van der Waals surface area contributed by atoms with Crippen LogP contribution in [0.4, 0.5) is 5.95 Å². The number of methoxy groups -OCH3 is 1. The van der Waals surface area contributed by atoms with Gasteiger partial charge in [0, 0.05) is 14.0 Å². The van der Waals surface area contributed by atoms with E-state index in [-0.39, 0.29) is 17.1 Å². The second kappa shape index (κ2) is 5.89. The number of carbonyl (C=O) groups is 1. The number of esters is 1. The maximum atomic E-state index is 11.7.